The quantitative estimate of drug-likeness (QED) is 0.585. The molecule has 4 heteroatoms. The van der Waals surface area contributed by atoms with E-state index >= 15 is 0 Å². The number of carbonyl (C=O) groups excluding carboxylic acids is 1. The monoisotopic (exact) mass is 208 g/mol. The molecule has 0 aliphatic heterocycles. The summed E-state index contributed by atoms with van der Waals surface area (Å²) in [5.74, 6) is -0.676. The van der Waals surface area contributed by atoms with Gasteiger partial charge < -0.3 is 14.9 Å². The maximum absolute atomic E-state index is 10.4. The molecule has 0 unspecified atom stereocenters. The van der Waals surface area contributed by atoms with Crippen molar-refractivity contribution in [2.45, 2.75) is 6.92 Å². The number of benzene rings is 1. The van der Waals surface area contributed by atoms with Crippen molar-refractivity contribution in [1.82, 2.24) is 0 Å². The number of phenolic OH excluding ortho intramolecular Hbond substituents is 2. The average Bonchev–Trinajstić information content (AvgIpc) is 2.18. The molecule has 15 heavy (non-hydrogen) atoms. The van der Waals surface area contributed by atoms with Crippen LogP contribution in [0.15, 0.2) is 24.3 Å². The van der Waals surface area contributed by atoms with Crippen molar-refractivity contribution in [3.63, 3.8) is 0 Å². The van der Waals surface area contributed by atoms with E-state index in [-0.39, 0.29) is 24.1 Å². The number of ether oxygens (including phenoxy) is 1. The van der Waals surface area contributed by atoms with Crippen molar-refractivity contribution in [2.24, 2.45) is 0 Å². The minimum atomic E-state index is -0.340. The van der Waals surface area contributed by atoms with Crippen LogP contribution < -0.4 is 0 Å². The molecule has 80 valence electrons. The molecule has 4 nitrogen and oxygen atoms in total. The second kappa shape index (κ2) is 5.05. The molecule has 1 aromatic rings. The van der Waals surface area contributed by atoms with Gasteiger partial charge in [0.2, 0.25) is 0 Å². The molecule has 0 fully saturated rings. The average molecular weight is 208 g/mol. The fourth-order valence-electron chi connectivity index (χ4n) is 0.994. The Morgan fingerprint density at radius 3 is 2.73 bits per heavy atom. The lowest BCUT2D eigenvalue weighted by Crippen LogP contribution is -1.97. The molecule has 0 spiro atoms. The molecule has 0 saturated heterocycles. The topological polar surface area (TPSA) is 66.8 Å². The second-order valence-electron chi connectivity index (χ2n) is 2.95. The Kier molecular flexibility index (Phi) is 3.74. The highest BCUT2D eigenvalue weighted by atomic mass is 16.5. The van der Waals surface area contributed by atoms with Gasteiger partial charge >= 0.3 is 5.97 Å². The summed E-state index contributed by atoms with van der Waals surface area (Å²) >= 11 is 0. The summed E-state index contributed by atoms with van der Waals surface area (Å²) in [7, 11) is 0. The number of phenols is 2. The first-order chi connectivity index (χ1) is 7.09. The van der Waals surface area contributed by atoms with Gasteiger partial charge in [-0.15, -0.1) is 0 Å². The predicted molar refractivity (Wildman–Crippen MR) is 55.4 cm³/mol. The number of esters is 1. The van der Waals surface area contributed by atoms with Gasteiger partial charge in [-0.2, -0.15) is 0 Å². The largest absolute Gasteiger partial charge is 0.504 e. The zero-order valence-corrected chi connectivity index (χ0v) is 8.30. The van der Waals surface area contributed by atoms with Gasteiger partial charge in [0.1, 0.15) is 6.61 Å². The molecule has 0 amide bonds. The predicted octanol–water partition coefficient (Wildman–Crippen LogP) is 1.67. The van der Waals surface area contributed by atoms with Crippen LogP contribution in [0.3, 0.4) is 0 Å². The van der Waals surface area contributed by atoms with Crippen LogP contribution >= 0.6 is 0 Å². The molecule has 0 aliphatic rings. The number of carbonyl (C=O) groups is 1. The van der Waals surface area contributed by atoms with Gasteiger partial charge in [0.05, 0.1) is 0 Å². The van der Waals surface area contributed by atoms with Gasteiger partial charge in [-0.3, -0.25) is 4.79 Å². The standard InChI is InChI=1S/C11H12O4/c1-8(12)15-6-2-3-9-4-5-10(13)11(14)7-9/h2-5,7,13-14H,6H2,1H3/b3-2+. The van der Waals surface area contributed by atoms with Gasteiger partial charge in [0.25, 0.3) is 0 Å². The minimum Gasteiger partial charge on any atom is -0.504 e. The van der Waals surface area contributed by atoms with Crippen LogP contribution in [0.1, 0.15) is 12.5 Å². The minimum absolute atomic E-state index is 0.160. The summed E-state index contributed by atoms with van der Waals surface area (Å²) in [6, 6.07) is 4.44. The Morgan fingerprint density at radius 1 is 1.40 bits per heavy atom. The summed E-state index contributed by atoms with van der Waals surface area (Å²) in [4.78, 5) is 10.4. The molecule has 2 N–H and O–H groups in total. The summed E-state index contributed by atoms with van der Waals surface area (Å²) < 4.78 is 4.68. The molecule has 1 aromatic carbocycles. The molecule has 0 heterocycles. The van der Waals surface area contributed by atoms with Gasteiger partial charge in [0, 0.05) is 6.92 Å². The molecule has 0 bridgehead atoms. The fourth-order valence-corrected chi connectivity index (χ4v) is 0.994. The number of hydrogen-bond donors (Lipinski definition) is 2. The fraction of sp³-hybridized carbons (Fsp3) is 0.182. The second-order valence-corrected chi connectivity index (χ2v) is 2.95. The van der Waals surface area contributed by atoms with E-state index < -0.39 is 0 Å². The summed E-state index contributed by atoms with van der Waals surface area (Å²) in [6.45, 7) is 1.52. The van der Waals surface area contributed by atoms with E-state index in [0.717, 1.165) is 5.56 Å². The third kappa shape index (κ3) is 3.72. The third-order valence-electron chi connectivity index (χ3n) is 1.69. The van der Waals surface area contributed by atoms with Gasteiger partial charge in [-0.1, -0.05) is 12.1 Å². The molecule has 0 saturated carbocycles. The van der Waals surface area contributed by atoms with E-state index in [0.29, 0.717) is 0 Å². The van der Waals surface area contributed by atoms with Crippen LogP contribution in [-0.2, 0) is 9.53 Å². The molecule has 0 aromatic heterocycles. The van der Waals surface area contributed by atoms with Crippen LogP contribution in [0.4, 0.5) is 0 Å². The lowest BCUT2D eigenvalue weighted by molar-refractivity contribution is -0.139. The zero-order chi connectivity index (χ0) is 11.3. The summed E-state index contributed by atoms with van der Waals surface area (Å²) in [5.41, 5.74) is 0.720. The molecule has 0 atom stereocenters. The van der Waals surface area contributed by atoms with Crippen LogP contribution in [-0.4, -0.2) is 22.8 Å². The van der Waals surface area contributed by atoms with Crippen molar-refractivity contribution < 1.29 is 19.7 Å². The maximum Gasteiger partial charge on any atom is 0.302 e. The van der Waals surface area contributed by atoms with E-state index in [2.05, 4.69) is 4.74 Å². The smallest absolute Gasteiger partial charge is 0.302 e. The number of aromatic hydroxyl groups is 2. The molecular formula is C11H12O4. The first-order valence-corrected chi connectivity index (χ1v) is 4.41. The van der Waals surface area contributed by atoms with Gasteiger partial charge in [-0.25, -0.2) is 0 Å². The van der Waals surface area contributed by atoms with Crippen molar-refractivity contribution in [3.8, 4) is 11.5 Å². The van der Waals surface area contributed by atoms with Crippen LogP contribution in [0, 0.1) is 0 Å². The van der Waals surface area contributed by atoms with Crippen LogP contribution in [0.5, 0.6) is 11.5 Å². The normalized spacial score (nSPS) is 10.5. The third-order valence-corrected chi connectivity index (χ3v) is 1.69. The highest BCUT2D eigenvalue weighted by Crippen LogP contribution is 2.25. The zero-order valence-electron chi connectivity index (χ0n) is 8.30. The van der Waals surface area contributed by atoms with Crippen molar-refractivity contribution >= 4 is 12.0 Å². The first kappa shape index (κ1) is 11.1. The van der Waals surface area contributed by atoms with Gasteiger partial charge in [0.15, 0.2) is 11.5 Å². The van der Waals surface area contributed by atoms with Crippen LogP contribution in [0.25, 0.3) is 6.08 Å². The van der Waals surface area contributed by atoms with Crippen LogP contribution in [0.2, 0.25) is 0 Å². The Morgan fingerprint density at radius 2 is 2.13 bits per heavy atom. The summed E-state index contributed by atoms with van der Waals surface area (Å²) in [6.07, 6.45) is 3.33. The van der Waals surface area contributed by atoms with E-state index in [9.17, 15) is 9.90 Å². The van der Waals surface area contributed by atoms with Crippen molar-refractivity contribution in [1.29, 1.82) is 0 Å². The lowest BCUT2D eigenvalue weighted by atomic mass is 10.2. The lowest BCUT2D eigenvalue weighted by Gasteiger charge is -1.98. The molecular weight excluding hydrogens is 196 g/mol. The van der Waals surface area contributed by atoms with E-state index in [1.807, 2.05) is 0 Å². The van der Waals surface area contributed by atoms with E-state index in [4.69, 9.17) is 5.11 Å². The van der Waals surface area contributed by atoms with Crippen molar-refractivity contribution in [3.05, 3.63) is 29.8 Å². The molecule has 0 aliphatic carbocycles. The number of rotatable bonds is 3. The molecule has 1 rings (SSSR count). The van der Waals surface area contributed by atoms with Gasteiger partial charge in [-0.05, 0) is 23.8 Å². The maximum atomic E-state index is 10.4. The number of hydrogen-bond acceptors (Lipinski definition) is 4. The van der Waals surface area contributed by atoms with Crippen molar-refractivity contribution in [2.75, 3.05) is 6.61 Å². The van der Waals surface area contributed by atoms with E-state index in [1.165, 1.54) is 19.1 Å². The Labute approximate surface area is 87.4 Å². The van der Waals surface area contributed by atoms with E-state index in [1.54, 1.807) is 18.2 Å². The Balaban J connectivity index is 2.57. The SMILES string of the molecule is CC(=O)OC/C=C/c1ccc(O)c(O)c1. The first-order valence-electron chi connectivity index (χ1n) is 4.41. The Hall–Kier alpha value is -1.97. The molecule has 0 radical (unpaired) electrons. The Bertz CT molecular complexity index is 382. The summed E-state index contributed by atoms with van der Waals surface area (Å²) in [5, 5.41) is 18.2. The highest BCUT2D eigenvalue weighted by Gasteiger charge is 1.97. The highest BCUT2D eigenvalue weighted by molar-refractivity contribution is 5.66.